The van der Waals surface area contributed by atoms with Crippen LogP contribution in [0, 0.1) is 6.92 Å². The Morgan fingerprint density at radius 2 is 1.69 bits per heavy atom. The van der Waals surface area contributed by atoms with Gasteiger partial charge in [0.1, 0.15) is 11.6 Å². The van der Waals surface area contributed by atoms with E-state index in [2.05, 4.69) is 61.5 Å². The Morgan fingerprint density at radius 3 is 2.31 bits per heavy atom. The minimum absolute atomic E-state index is 0.710. The number of likely N-dealkylation sites (N-methyl/N-ethyl adjacent to an activating group) is 1. The number of aromatic nitrogens is 4. The number of rotatable bonds is 5. The number of nitrogens with zero attached hydrogens (tertiary/aromatic N) is 6. The number of hydrogen-bond donors (Lipinski definition) is 2. The van der Waals surface area contributed by atoms with Crippen molar-refractivity contribution in [2.24, 2.45) is 0 Å². The molecule has 3 aromatic rings. The zero-order valence-corrected chi connectivity index (χ0v) is 17.5. The van der Waals surface area contributed by atoms with Gasteiger partial charge in [-0.25, -0.2) is 9.97 Å². The highest BCUT2D eigenvalue weighted by Gasteiger charge is 2.18. The van der Waals surface area contributed by atoms with Crippen molar-refractivity contribution in [3.8, 4) is 11.4 Å². The Kier molecular flexibility index (Phi) is 5.35. The molecule has 29 heavy (non-hydrogen) atoms. The van der Waals surface area contributed by atoms with E-state index < -0.39 is 0 Å². The highest BCUT2D eigenvalue weighted by atomic mass is 15.3. The van der Waals surface area contributed by atoms with E-state index in [9.17, 15) is 0 Å². The van der Waals surface area contributed by atoms with Gasteiger partial charge in [-0.15, -0.1) is 0 Å². The van der Waals surface area contributed by atoms with Gasteiger partial charge >= 0.3 is 0 Å². The first-order chi connectivity index (χ1) is 14.0. The molecular weight excluding hydrogens is 364 g/mol. The minimum atomic E-state index is 0.710. The maximum atomic E-state index is 4.89. The van der Waals surface area contributed by atoms with E-state index in [0.717, 1.165) is 60.6 Å². The summed E-state index contributed by atoms with van der Waals surface area (Å²) >= 11 is 0. The van der Waals surface area contributed by atoms with Gasteiger partial charge < -0.3 is 20.0 Å². The fourth-order valence-corrected chi connectivity index (χ4v) is 3.35. The van der Waals surface area contributed by atoms with Crippen LogP contribution in [0.3, 0.4) is 0 Å². The standard InChI is InChI=1S/C21H28N8/c1-15-13-19(26-25-15)22-18-14-20(29-11-9-28(4)10-12-29)24-21(23-18)16-5-7-17(8-6-16)27(2)3/h5-8,13-14H,9-12H2,1-4H3,(H2,22,23,24,25,26). The van der Waals surface area contributed by atoms with Gasteiger partial charge in [0, 0.05) is 69.4 Å². The van der Waals surface area contributed by atoms with Gasteiger partial charge in [-0.05, 0) is 38.2 Å². The molecule has 8 nitrogen and oxygen atoms in total. The second kappa shape index (κ2) is 8.08. The molecule has 0 unspecified atom stereocenters. The van der Waals surface area contributed by atoms with E-state index in [-0.39, 0.29) is 0 Å². The molecule has 0 aliphatic carbocycles. The highest BCUT2D eigenvalue weighted by molar-refractivity contribution is 5.66. The molecule has 4 rings (SSSR count). The molecule has 2 aromatic heterocycles. The van der Waals surface area contributed by atoms with Gasteiger partial charge in [0.25, 0.3) is 0 Å². The number of aromatic amines is 1. The van der Waals surface area contributed by atoms with Crippen molar-refractivity contribution in [1.82, 2.24) is 25.1 Å². The van der Waals surface area contributed by atoms with E-state index in [1.807, 2.05) is 33.2 Å². The molecule has 8 heteroatoms. The summed E-state index contributed by atoms with van der Waals surface area (Å²) in [5.41, 5.74) is 3.14. The molecule has 0 spiro atoms. The van der Waals surface area contributed by atoms with Crippen molar-refractivity contribution in [2.75, 3.05) is 62.4 Å². The third-order valence-electron chi connectivity index (χ3n) is 5.14. The normalized spacial score (nSPS) is 14.8. The van der Waals surface area contributed by atoms with E-state index in [0.29, 0.717) is 5.82 Å². The molecule has 0 atom stereocenters. The largest absolute Gasteiger partial charge is 0.378 e. The van der Waals surface area contributed by atoms with Crippen LogP contribution in [-0.2, 0) is 0 Å². The van der Waals surface area contributed by atoms with E-state index in [1.54, 1.807) is 0 Å². The monoisotopic (exact) mass is 392 g/mol. The summed E-state index contributed by atoms with van der Waals surface area (Å²) in [5.74, 6) is 3.14. The molecular formula is C21H28N8. The summed E-state index contributed by atoms with van der Waals surface area (Å²) < 4.78 is 0. The summed E-state index contributed by atoms with van der Waals surface area (Å²) in [4.78, 5) is 16.4. The Bertz CT molecular complexity index is 955. The van der Waals surface area contributed by atoms with Crippen LogP contribution < -0.4 is 15.1 Å². The summed E-state index contributed by atoms with van der Waals surface area (Å²) in [6.45, 7) is 5.93. The molecule has 1 aliphatic heterocycles. The van der Waals surface area contributed by atoms with Crippen molar-refractivity contribution >= 4 is 23.1 Å². The van der Waals surface area contributed by atoms with Crippen molar-refractivity contribution in [3.05, 3.63) is 42.1 Å². The van der Waals surface area contributed by atoms with E-state index in [1.165, 1.54) is 0 Å². The molecule has 0 bridgehead atoms. The first kappa shape index (κ1) is 19.2. The van der Waals surface area contributed by atoms with Crippen LogP contribution in [0.15, 0.2) is 36.4 Å². The lowest BCUT2D eigenvalue weighted by atomic mass is 10.2. The molecule has 2 N–H and O–H groups in total. The summed E-state index contributed by atoms with van der Waals surface area (Å²) in [5, 5.41) is 10.5. The average molecular weight is 393 g/mol. The molecule has 0 saturated carbocycles. The Hall–Kier alpha value is -3.13. The molecule has 3 heterocycles. The Balaban J connectivity index is 1.68. The summed E-state index contributed by atoms with van der Waals surface area (Å²) in [6.07, 6.45) is 0. The van der Waals surface area contributed by atoms with Crippen molar-refractivity contribution in [2.45, 2.75) is 6.92 Å². The van der Waals surface area contributed by atoms with Gasteiger partial charge in [-0.2, -0.15) is 5.10 Å². The van der Waals surface area contributed by atoms with Crippen LogP contribution >= 0.6 is 0 Å². The molecule has 1 aromatic carbocycles. The van der Waals surface area contributed by atoms with Crippen molar-refractivity contribution in [1.29, 1.82) is 0 Å². The van der Waals surface area contributed by atoms with Crippen molar-refractivity contribution < 1.29 is 0 Å². The van der Waals surface area contributed by atoms with Crippen LogP contribution in [0.4, 0.5) is 23.1 Å². The number of nitrogens with one attached hydrogen (secondary N) is 2. The first-order valence-corrected chi connectivity index (χ1v) is 9.87. The van der Waals surface area contributed by atoms with Crippen molar-refractivity contribution in [3.63, 3.8) is 0 Å². The fourth-order valence-electron chi connectivity index (χ4n) is 3.35. The number of anilines is 4. The maximum Gasteiger partial charge on any atom is 0.163 e. The number of aryl methyl sites for hydroxylation is 1. The van der Waals surface area contributed by atoms with Crippen LogP contribution in [0.2, 0.25) is 0 Å². The lowest BCUT2D eigenvalue weighted by molar-refractivity contribution is 0.312. The number of H-pyrrole nitrogens is 1. The van der Waals surface area contributed by atoms with Gasteiger partial charge in [-0.3, -0.25) is 5.10 Å². The third kappa shape index (κ3) is 4.48. The minimum Gasteiger partial charge on any atom is -0.378 e. The van der Waals surface area contributed by atoms with Gasteiger partial charge in [-0.1, -0.05) is 0 Å². The molecule has 152 valence electrons. The number of piperazine rings is 1. The van der Waals surface area contributed by atoms with Crippen LogP contribution in [0.25, 0.3) is 11.4 Å². The van der Waals surface area contributed by atoms with E-state index >= 15 is 0 Å². The van der Waals surface area contributed by atoms with Crippen LogP contribution in [-0.4, -0.2) is 72.4 Å². The molecule has 0 radical (unpaired) electrons. The fraction of sp³-hybridized carbons (Fsp3) is 0.381. The second-order valence-electron chi connectivity index (χ2n) is 7.73. The molecule has 1 fully saturated rings. The molecule has 1 aliphatic rings. The number of hydrogen-bond acceptors (Lipinski definition) is 7. The third-order valence-corrected chi connectivity index (χ3v) is 5.14. The Morgan fingerprint density at radius 1 is 0.966 bits per heavy atom. The Labute approximate surface area is 171 Å². The van der Waals surface area contributed by atoms with Gasteiger partial charge in [0.2, 0.25) is 0 Å². The second-order valence-corrected chi connectivity index (χ2v) is 7.73. The van der Waals surface area contributed by atoms with Crippen LogP contribution in [0.1, 0.15) is 5.69 Å². The summed E-state index contributed by atoms with van der Waals surface area (Å²) in [6, 6.07) is 12.3. The van der Waals surface area contributed by atoms with E-state index in [4.69, 9.17) is 9.97 Å². The maximum absolute atomic E-state index is 4.89. The highest BCUT2D eigenvalue weighted by Crippen LogP contribution is 2.26. The topological polar surface area (TPSA) is 76.2 Å². The van der Waals surface area contributed by atoms with Gasteiger partial charge in [0.15, 0.2) is 11.6 Å². The zero-order valence-electron chi connectivity index (χ0n) is 17.5. The number of benzene rings is 1. The lowest BCUT2D eigenvalue weighted by Gasteiger charge is -2.33. The summed E-state index contributed by atoms with van der Waals surface area (Å²) in [7, 11) is 6.22. The molecule has 0 amide bonds. The quantitative estimate of drug-likeness (QED) is 0.691. The predicted octanol–water partition coefficient (Wildman–Crippen LogP) is 2.74. The lowest BCUT2D eigenvalue weighted by Crippen LogP contribution is -2.44. The SMILES string of the molecule is Cc1cc(Nc2cc(N3CCN(C)CC3)nc(-c3ccc(N(C)C)cc3)n2)n[nH]1. The van der Waals surface area contributed by atoms with Crippen LogP contribution in [0.5, 0.6) is 0 Å². The molecule has 1 saturated heterocycles. The predicted molar refractivity (Wildman–Crippen MR) is 118 cm³/mol. The first-order valence-electron chi connectivity index (χ1n) is 9.87. The van der Waals surface area contributed by atoms with Gasteiger partial charge in [0.05, 0.1) is 0 Å². The zero-order chi connectivity index (χ0) is 20.4. The average Bonchev–Trinajstić information content (AvgIpc) is 3.13. The smallest absolute Gasteiger partial charge is 0.163 e.